The second-order valence-corrected chi connectivity index (χ2v) is 11.4. The second kappa shape index (κ2) is 14.7. The number of halogens is 2. The van der Waals surface area contributed by atoms with Crippen molar-refractivity contribution in [1.82, 2.24) is 0 Å². The first-order chi connectivity index (χ1) is 21.7. The van der Waals surface area contributed by atoms with Crippen LogP contribution in [0.15, 0.2) is 78.9 Å². The lowest BCUT2D eigenvalue weighted by Gasteiger charge is -2.48. The molecule has 11 heteroatoms. The number of aliphatic hydroxyl groups excluding tert-OH is 5. The van der Waals surface area contributed by atoms with E-state index in [0.29, 0.717) is 24.1 Å². The summed E-state index contributed by atoms with van der Waals surface area (Å²) in [4.78, 5) is 14.9. The molecule has 2 saturated heterocycles. The zero-order valence-corrected chi connectivity index (χ0v) is 24.4. The number of hydrogen-bond acceptors (Lipinski definition) is 8. The monoisotopic (exact) mass is 625 g/mol. The molecule has 2 heterocycles. The quantitative estimate of drug-likeness (QED) is 0.153. The maximum atomic E-state index is 13.6. The first-order valence-corrected chi connectivity index (χ1v) is 14.8. The minimum absolute atomic E-state index is 0.0586. The molecule has 5 rings (SSSR count). The molecule has 240 valence electrons. The van der Waals surface area contributed by atoms with Gasteiger partial charge in [0.15, 0.2) is 0 Å². The van der Waals surface area contributed by atoms with Crippen LogP contribution in [0.2, 0.25) is 0 Å². The maximum absolute atomic E-state index is 13.6. The second-order valence-electron chi connectivity index (χ2n) is 11.4. The van der Waals surface area contributed by atoms with E-state index in [-0.39, 0.29) is 25.2 Å². The predicted octanol–water partition coefficient (Wildman–Crippen LogP) is 3.05. The van der Waals surface area contributed by atoms with Crippen LogP contribution in [-0.2, 0) is 14.3 Å². The third-order valence-electron chi connectivity index (χ3n) is 8.40. The molecule has 3 aromatic rings. The van der Waals surface area contributed by atoms with E-state index in [1.54, 1.807) is 23.1 Å². The summed E-state index contributed by atoms with van der Waals surface area (Å²) in [6.07, 6.45) is -2.70. The van der Waals surface area contributed by atoms with Crippen molar-refractivity contribution in [3.63, 3.8) is 0 Å². The Hall–Kier alpha value is -3.55. The smallest absolute Gasteiger partial charge is 0.233 e. The number of carbonyl (C=O) groups excluding carboxylic acids is 1. The van der Waals surface area contributed by atoms with Gasteiger partial charge in [-0.15, -0.1) is 0 Å². The molecule has 0 bridgehead atoms. The SMILES string of the molecule is O=C1[C@H](CC[C@H](O)c2ccc(F)cc2)[C@@H](c2ccc(/C=C/COC[C@@H]3O[C@H](CO)[C@@H](O)[C@H](O)[C@H]3O)cc2)N1c1ccc(F)cc1. The van der Waals surface area contributed by atoms with Crippen LogP contribution in [0.4, 0.5) is 14.5 Å². The summed E-state index contributed by atoms with van der Waals surface area (Å²) in [5, 5.41) is 49.9. The Labute approximate surface area is 259 Å². The zero-order valence-electron chi connectivity index (χ0n) is 24.4. The molecule has 0 saturated carbocycles. The van der Waals surface area contributed by atoms with E-state index in [1.165, 1.54) is 36.4 Å². The number of carbonyl (C=O) groups is 1. The highest BCUT2D eigenvalue weighted by Crippen LogP contribution is 2.46. The average Bonchev–Trinajstić information content (AvgIpc) is 3.04. The average molecular weight is 626 g/mol. The van der Waals surface area contributed by atoms with Gasteiger partial charge in [0, 0.05) is 5.69 Å². The van der Waals surface area contributed by atoms with Gasteiger partial charge in [-0.05, 0) is 65.9 Å². The van der Waals surface area contributed by atoms with Crippen LogP contribution in [0.3, 0.4) is 0 Å². The van der Waals surface area contributed by atoms with Gasteiger partial charge >= 0.3 is 0 Å². The maximum Gasteiger partial charge on any atom is 0.233 e. The first-order valence-electron chi connectivity index (χ1n) is 14.8. The molecule has 0 aliphatic carbocycles. The van der Waals surface area contributed by atoms with Crippen LogP contribution < -0.4 is 4.90 Å². The van der Waals surface area contributed by atoms with Crippen molar-refractivity contribution in [2.24, 2.45) is 5.92 Å². The third-order valence-corrected chi connectivity index (χ3v) is 8.40. The molecular weight excluding hydrogens is 588 g/mol. The minimum atomic E-state index is -1.46. The molecule has 0 radical (unpaired) electrons. The minimum Gasteiger partial charge on any atom is -0.394 e. The number of rotatable bonds is 12. The van der Waals surface area contributed by atoms with Gasteiger partial charge in [0.25, 0.3) is 0 Å². The Morgan fingerprint density at radius 1 is 0.867 bits per heavy atom. The van der Waals surface area contributed by atoms with E-state index >= 15 is 0 Å². The van der Waals surface area contributed by atoms with Crippen molar-refractivity contribution in [1.29, 1.82) is 0 Å². The van der Waals surface area contributed by atoms with Gasteiger partial charge in [0.2, 0.25) is 5.91 Å². The normalized spacial score (nSPS) is 27.5. The molecule has 0 spiro atoms. The highest BCUT2D eigenvalue weighted by molar-refractivity contribution is 6.03. The fourth-order valence-corrected chi connectivity index (χ4v) is 5.85. The molecule has 9 nitrogen and oxygen atoms in total. The summed E-state index contributed by atoms with van der Waals surface area (Å²) in [7, 11) is 0. The summed E-state index contributed by atoms with van der Waals surface area (Å²) in [6, 6.07) is 18.6. The number of nitrogens with zero attached hydrogens (tertiary/aromatic N) is 1. The highest BCUT2D eigenvalue weighted by Gasteiger charge is 2.48. The summed E-state index contributed by atoms with van der Waals surface area (Å²) >= 11 is 0. The summed E-state index contributed by atoms with van der Waals surface area (Å²) in [6.45, 7) is -0.395. The lowest BCUT2D eigenvalue weighted by Crippen LogP contribution is -2.59. The Morgan fingerprint density at radius 3 is 2.13 bits per heavy atom. The Balaban J connectivity index is 1.21. The molecule has 5 N–H and O–H groups in total. The molecular formula is C34H37F2NO8. The van der Waals surface area contributed by atoms with Gasteiger partial charge in [-0.1, -0.05) is 48.6 Å². The topological polar surface area (TPSA) is 140 Å². The number of amides is 1. The number of β-lactam (4-membered cyclic amide) rings is 1. The van der Waals surface area contributed by atoms with Crippen molar-refractivity contribution < 1.29 is 48.6 Å². The fraction of sp³-hybridized carbons (Fsp3) is 0.382. The fourth-order valence-electron chi connectivity index (χ4n) is 5.85. The van der Waals surface area contributed by atoms with Crippen molar-refractivity contribution >= 4 is 17.7 Å². The molecule has 2 aliphatic heterocycles. The molecule has 2 aliphatic rings. The summed E-state index contributed by atoms with van der Waals surface area (Å²) in [5.41, 5.74) is 2.87. The lowest BCUT2D eigenvalue weighted by molar-refractivity contribution is -0.238. The molecule has 8 atom stereocenters. The van der Waals surface area contributed by atoms with Crippen LogP contribution in [0.1, 0.15) is 41.7 Å². The molecule has 0 unspecified atom stereocenters. The number of benzene rings is 3. The van der Waals surface area contributed by atoms with E-state index in [1.807, 2.05) is 30.3 Å². The number of hydrogen-bond donors (Lipinski definition) is 5. The molecule has 0 aromatic heterocycles. The van der Waals surface area contributed by atoms with E-state index in [9.17, 15) is 39.1 Å². The van der Waals surface area contributed by atoms with Crippen molar-refractivity contribution in [3.05, 3.63) is 107 Å². The van der Waals surface area contributed by atoms with Crippen LogP contribution in [-0.4, -0.2) is 81.8 Å². The molecule has 1 amide bonds. The van der Waals surface area contributed by atoms with E-state index < -0.39 is 60.8 Å². The van der Waals surface area contributed by atoms with E-state index in [4.69, 9.17) is 9.47 Å². The van der Waals surface area contributed by atoms with Gasteiger partial charge in [-0.25, -0.2) is 8.78 Å². The summed E-state index contributed by atoms with van der Waals surface area (Å²) in [5.74, 6) is -1.34. The number of aliphatic hydroxyl groups is 5. The number of anilines is 1. The largest absolute Gasteiger partial charge is 0.394 e. The van der Waals surface area contributed by atoms with Crippen LogP contribution >= 0.6 is 0 Å². The van der Waals surface area contributed by atoms with Crippen LogP contribution in [0.5, 0.6) is 0 Å². The Bertz CT molecular complexity index is 1430. The predicted molar refractivity (Wildman–Crippen MR) is 161 cm³/mol. The zero-order chi connectivity index (χ0) is 32.1. The van der Waals surface area contributed by atoms with Gasteiger partial charge in [-0.2, -0.15) is 0 Å². The van der Waals surface area contributed by atoms with Crippen LogP contribution in [0.25, 0.3) is 6.08 Å². The van der Waals surface area contributed by atoms with Gasteiger partial charge in [0.05, 0.1) is 37.9 Å². The Kier molecular flexibility index (Phi) is 10.7. The third kappa shape index (κ3) is 7.47. The molecule has 45 heavy (non-hydrogen) atoms. The van der Waals surface area contributed by atoms with Crippen LogP contribution in [0, 0.1) is 17.6 Å². The lowest BCUT2D eigenvalue weighted by atomic mass is 9.78. The number of ether oxygens (including phenoxy) is 2. The first kappa shape index (κ1) is 32.8. The van der Waals surface area contributed by atoms with Gasteiger partial charge < -0.3 is 39.9 Å². The van der Waals surface area contributed by atoms with E-state index in [0.717, 1.165) is 11.1 Å². The van der Waals surface area contributed by atoms with E-state index in [2.05, 4.69) is 0 Å². The van der Waals surface area contributed by atoms with Crippen molar-refractivity contribution in [2.75, 3.05) is 24.7 Å². The summed E-state index contributed by atoms with van der Waals surface area (Å²) < 4.78 is 37.9. The van der Waals surface area contributed by atoms with Gasteiger partial charge in [-0.3, -0.25) is 4.79 Å². The molecule has 2 fully saturated rings. The van der Waals surface area contributed by atoms with Gasteiger partial charge in [0.1, 0.15) is 42.2 Å². The standard InChI is InChI=1S/C34H37F2NO8/c35-23-9-7-21(8-10-23)27(39)16-15-26-30(37(34(26)43)25-13-11-24(36)12-14-25)22-5-3-20(4-6-22)2-1-17-44-19-29-32(41)33(42)31(40)28(18-38)45-29/h1-14,26-33,38-42H,15-19H2/b2-1+/t26-,27+,28-,29+,30-,31-,32+,33+/m1/s1. The molecule has 3 aromatic carbocycles. The highest BCUT2D eigenvalue weighted by atomic mass is 19.1. The van der Waals surface area contributed by atoms with Crippen molar-refractivity contribution in [3.8, 4) is 0 Å². The Morgan fingerprint density at radius 2 is 1.49 bits per heavy atom. The van der Waals surface area contributed by atoms with Crippen molar-refractivity contribution in [2.45, 2.75) is 55.5 Å².